The number of benzene rings is 2. The zero-order valence-corrected chi connectivity index (χ0v) is 20.7. The summed E-state index contributed by atoms with van der Waals surface area (Å²) in [5, 5.41) is 32.3. The summed E-state index contributed by atoms with van der Waals surface area (Å²) in [5.74, 6) is -0.922. The lowest BCUT2D eigenvalue weighted by molar-refractivity contribution is 0.0938. The van der Waals surface area contributed by atoms with Crippen molar-refractivity contribution in [2.45, 2.75) is 38.6 Å². The van der Waals surface area contributed by atoms with Crippen LogP contribution in [-0.4, -0.2) is 75.1 Å². The van der Waals surface area contributed by atoms with Crippen LogP contribution in [0.2, 0.25) is 0 Å². The Morgan fingerprint density at radius 3 is 2.42 bits per heavy atom. The van der Waals surface area contributed by atoms with E-state index in [0.29, 0.717) is 16.9 Å². The lowest BCUT2D eigenvalue weighted by Crippen LogP contribution is -2.44. The Balaban J connectivity index is 1.61. The van der Waals surface area contributed by atoms with E-state index in [9.17, 15) is 15.0 Å². The molecule has 0 radical (unpaired) electrons. The normalized spacial score (nSPS) is 16.5. The van der Waals surface area contributed by atoms with Crippen LogP contribution >= 0.6 is 0 Å². The van der Waals surface area contributed by atoms with Gasteiger partial charge in [-0.2, -0.15) is 0 Å². The summed E-state index contributed by atoms with van der Waals surface area (Å²) in [6.07, 6.45) is 1.80. The molecule has 1 saturated heterocycles. The number of aromatic hydroxyl groups is 2. The van der Waals surface area contributed by atoms with Crippen LogP contribution in [0.4, 0.5) is 10.1 Å². The van der Waals surface area contributed by atoms with Gasteiger partial charge >= 0.3 is 0 Å². The van der Waals surface area contributed by atoms with E-state index in [1.165, 1.54) is 16.7 Å². The maximum absolute atomic E-state index is 15.4. The molecule has 0 bridgehead atoms. The highest BCUT2D eigenvalue weighted by molar-refractivity contribution is 5.92. The minimum Gasteiger partial charge on any atom is -0.508 e. The van der Waals surface area contributed by atoms with E-state index >= 15 is 4.39 Å². The molecular formula is C26H31FN6O3. The van der Waals surface area contributed by atoms with Gasteiger partial charge in [0.05, 0.1) is 16.9 Å². The highest BCUT2D eigenvalue weighted by Crippen LogP contribution is 2.38. The van der Waals surface area contributed by atoms with Crippen molar-refractivity contribution in [3.8, 4) is 28.6 Å². The molecule has 0 spiro atoms. The molecule has 5 rings (SSSR count). The quantitative estimate of drug-likeness (QED) is 0.483. The highest BCUT2D eigenvalue weighted by Gasteiger charge is 2.29. The minimum absolute atomic E-state index is 0.00205. The molecule has 190 valence electrons. The Morgan fingerprint density at radius 2 is 1.78 bits per heavy atom. The van der Waals surface area contributed by atoms with Crippen LogP contribution in [-0.2, 0) is 0 Å². The molecule has 2 fully saturated rings. The predicted octanol–water partition coefficient (Wildman–Crippen LogP) is 3.25. The fourth-order valence-corrected chi connectivity index (χ4v) is 4.50. The maximum atomic E-state index is 15.4. The van der Waals surface area contributed by atoms with E-state index < -0.39 is 11.7 Å². The third kappa shape index (κ3) is 4.60. The molecule has 1 saturated carbocycles. The van der Waals surface area contributed by atoms with Gasteiger partial charge < -0.3 is 25.3 Å². The van der Waals surface area contributed by atoms with E-state index in [1.807, 2.05) is 25.8 Å². The molecule has 2 aromatic carbocycles. The zero-order chi connectivity index (χ0) is 25.6. The average molecular weight is 495 g/mol. The number of amides is 1. The maximum Gasteiger partial charge on any atom is 0.289 e. The Hall–Kier alpha value is -3.66. The average Bonchev–Trinajstić information content (AvgIpc) is 3.54. The fraction of sp³-hybridized carbons (Fsp3) is 0.423. The first-order chi connectivity index (χ1) is 17.2. The summed E-state index contributed by atoms with van der Waals surface area (Å²) in [7, 11) is 2.04. The molecule has 10 heteroatoms. The molecule has 1 amide bonds. The number of hydrogen-bond donors (Lipinski definition) is 3. The van der Waals surface area contributed by atoms with Gasteiger partial charge in [0.15, 0.2) is 5.82 Å². The van der Waals surface area contributed by atoms with Crippen molar-refractivity contribution in [3.05, 3.63) is 47.5 Å². The highest BCUT2D eigenvalue weighted by atomic mass is 19.1. The summed E-state index contributed by atoms with van der Waals surface area (Å²) in [6, 6.07) is 7.79. The number of nitrogens with one attached hydrogen (secondary N) is 1. The largest absolute Gasteiger partial charge is 0.508 e. The molecule has 3 aromatic rings. The van der Waals surface area contributed by atoms with Gasteiger partial charge in [-0.05, 0) is 49.6 Å². The van der Waals surface area contributed by atoms with Crippen molar-refractivity contribution in [2.24, 2.45) is 0 Å². The number of halogens is 1. The molecule has 2 heterocycles. The van der Waals surface area contributed by atoms with E-state index in [4.69, 9.17) is 0 Å². The molecule has 36 heavy (non-hydrogen) atoms. The van der Waals surface area contributed by atoms with E-state index in [0.717, 1.165) is 39.0 Å². The first kappa shape index (κ1) is 24.1. The number of anilines is 1. The number of carbonyl (C=O) groups excluding carboxylic acids is 1. The number of hydrogen-bond acceptors (Lipinski definition) is 7. The van der Waals surface area contributed by atoms with Crippen molar-refractivity contribution in [3.63, 3.8) is 0 Å². The first-order valence-corrected chi connectivity index (χ1v) is 12.3. The van der Waals surface area contributed by atoms with Crippen molar-refractivity contribution < 1.29 is 19.4 Å². The van der Waals surface area contributed by atoms with Gasteiger partial charge in [0, 0.05) is 44.4 Å². The Morgan fingerprint density at radius 1 is 1.06 bits per heavy atom. The third-order valence-corrected chi connectivity index (χ3v) is 6.82. The van der Waals surface area contributed by atoms with Crippen LogP contribution in [0.1, 0.15) is 48.8 Å². The Kier molecular flexibility index (Phi) is 6.29. The predicted molar refractivity (Wildman–Crippen MR) is 134 cm³/mol. The molecule has 3 N–H and O–H groups in total. The first-order valence-electron chi connectivity index (χ1n) is 12.3. The molecule has 9 nitrogen and oxygen atoms in total. The number of carbonyl (C=O) groups is 1. The standard InChI is InChI=1S/C26H31FN6O3/c1-15(2)18-13-19(23(35)14-22(18)34)24-29-30-25(26(36)28-16-4-5-16)33(24)17-6-7-21(20(27)12-17)32-10-8-31(3)9-11-32/h6-7,12-16,34-35H,4-5,8-11H2,1-3H3,(H,28,36). The Bertz CT molecular complexity index is 1300. The van der Waals surface area contributed by atoms with E-state index in [1.54, 1.807) is 18.2 Å². The van der Waals surface area contributed by atoms with Crippen LogP contribution in [0.25, 0.3) is 17.1 Å². The molecule has 0 atom stereocenters. The van der Waals surface area contributed by atoms with Crippen LogP contribution < -0.4 is 10.2 Å². The van der Waals surface area contributed by atoms with Crippen LogP contribution in [0.15, 0.2) is 30.3 Å². The lowest BCUT2D eigenvalue weighted by atomic mass is 9.98. The van der Waals surface area contributed by atoms with Gasteiger partial charge in [-0.25, -0.2) is 4.39 Å². The number of likely N-dealkylation sites (N-methyl/N-ethyl adjacent to an activating group) is 1. The number of piperazine rings is 1. The van der Waals surface area contributed by atoms with Crippen molar-refractivity contribution >= 4 is 11.6 Å². The van der Waals surface area contributed by atoms with Crippen LogP contribution in [0.3, 0.4) is 0 Å². The monoisotopic (exact) mass is 494 g/mol. The van der Waals surface area contributed by atoms with Crippen LogP contribution in [0, 0.1) is 5.82 Å². The summed E-state index contributed by atoms with van der Waals surface area (Å²) < 4.78 is 16.9. The van der Waals surface area contributed by atoms with Crippen LogP contribution in [0.5, 0.6) is 11.5 Å². The van der Waals surface area contributed by atoms with Gasteiger partial charge in [-0.1, -0.05) is 13.8 Å². The molecule has 1 aliphatic heterocycles. The number of aromatic nitrogens is 3. The Labute approximate surface area is 209 Å². The second-order valence-electron chi connectivity index (χ2n) is 9.94. The minimum atomic E-state index is -0.415. The van der Waals surface area contributed by atoms with Gasteiger partial charge in [-0.3, -0.25) is 9.36 Å². The number of phenolic OH excluding ortho intramolecular Hbond substituents is 2. The molecule has 1 aliphatic carbocycles. The topological polar surface area (TPSA) is 107 Å². The van der Waals surface area contributed by atoms with E-state index in [-0.39, 0.29) is 40.7 Å². The molecule has 0 unspecified atom stereocenters. The number of nitrogens with zero attached hydrogens (tertiary/aromatic N) is 5. The lowest BCUT2D eigenvalue weighted by Gasteiger charge is -2.34. The van der Waals surface area contributed by atoms with Gasteiger partial charge in [0.25, 0.3) is 5.91 Å². The number of rotatable bonds is 6. The fourth-order valence-electron chi connectivity index (χ4n) is 4.50. The van der Waals surface area contributed by atoms with Crippen molar-refractivity contribution in [1.29, 1.82) is 0 Å². The van der Waals surface area contributed by atoms with Crippen molar-refractivity contribution in [2.75, 3.05) is 38.1 Å². The summed E-state index contributed by atoms with van der Waals surface area (Å²) >= 11 is 0. The number of phenols is 2. The zero-order valence-electron chi connectivity index (χ0n) is 20.7. The van der Waals surface area contributed by atoms with Crippen molar-refractivity contribution in [1.82, 2.24) is 25.0 Å². The molecular weight excluding hydrogens is 463 g/mol. The second-order valence-corrected chi connectivity index (χ2v) is 9.94. The van der Waals surface area contributed by atoms with Gasteiger partial charge in [0.1, 0.15) is 17.3 Å². The van der Waals surface area contributed by atoms with Gasteiger partial charge in [-0.15, -0.1) is 10.2 Å². The summed E-state index contributed by atoms with van der Waals surface area (Å²) in [6.45, 7) is 6.97. The third-order valence-electron chi connectivity index (χ3n) is 6.82. The molecule has 2 aliphatic rings. The smallest absolute Gasteiger partial charge is 0.289 e. The summed E-state index contributed by atoms with van der Waals surface area (Å²) in [5.41, 5.74) is 1.76. The second kappa shape index (κ2) is 9.42. The van der Waals surface area contributed by atoms with E-state index in [2.05, 4.69) is 20.4 Å². The molecule has 1 aromatic heterocycles. The van der Waals surface area contributed by atoms with Gasteiger partial charge in [0.2, 0.25) is 5.82 Å². The SMILES string of the molecule is CC(C)c1cc(-c2nnc(C(=O)NC3CC3)n2-c2ccc(N3CCN(C)CC3)c(F)c2)c(O)cc1O. The summed E-state index contributed by atoms with van der Waals surface area (Å²) in [4.78, 5) is 17.2.